The summed E-state index contributed by atoms with van der Waals surface area (Å²) in [6.07, 6.45) is 5.34. The molecule has 0 radical (unpaired) electrons. The molecule has 2 saturated heterocycles. The van der Waals surface area contributed by atoms with Crippen LogP contribution in [0, 0.1) is 5.92 Å². The van der Waals surface area contributed by atoms with Gasteiger partial charge in [-0.3, -0.25) is 14.5 Å². The molecule has 2 heterocycles. The van der Waals surface area contributed by atoms with Crippen LogP contribution in [0.15, 0.2) is 24.3 Å². The first-order valence-corrected chi connectivity index (χ1v) is 10.1. The van der Waals surface area contributed by atoms with E-state index >= 15 is 0 Å². The van der Waals surface area contributed by atoms with Crippen molar-refractivity contribution in [3.63, 3.8) is 0 Å². The molecule has 146 valence electrons. The smallest absolute Gasteiger partial charge is 0.253 e. The second-order valence-corrected chi connectivity index (χ2v) is 8.13. The molecule has 1 saturated carbocycles. The predicted octanol–water partition coefficient (Wildman–Crippen LogP) is 2.36. The van der Waals surface area contributed by atoms with E-state index in [-0.39, 0.29) is 23.3 Å². The molecule has 3 aliphatic rings. The van der Waals surface area contributed by atoms with Gasteiger partial charge in [-0.15, -0.1) is 0 Å². The van der Waals surface area contributed by atoms with Crippen molar-refractivity contribution in [2.75, 3.05) is 45.2 Å². The molecule has 2 aliphatic heterocycles. The van der Waals surface area contributed by atoms with Crippen LogP contribution in [-0.2, 0) is 9.53 Å². The Balaban J connectivity index is 1.37. The number of carbonyl (C=O) groups is 2. The summed E-state index contributed by atoms with van der Waals surface area (Å²) in [7, 11) is 1.74. The summed E-state index contributed by atoms with van der Waals surface area (Å²) >= 11 is 0. The summed E-state index contributed by atoms with van der Waals surface area (Å²) < 4.78 is 5.23. The number of benzene rings is 1. The fourth-order valence-electron chi connectivity index (χ4n) is 4.35. The van der Waals surface area contributed by atoms with E-state index in [1.165, 1.54) is 0 Å². The Hall–Kier alpha value is -1.92. The number of hydrogen-bond donors (Lipinski definition) is 1. The fraction of sp³-hybridized carbons (Fsp3) is 0.619. The monoisotopic (exact) mass is 371 g/mol. The second kappa shape index (κ2) is 7.60. The van der Waals surface area contributed by atoms with E-state index in [0.717, 1.165) is 70.6 Å². The standard InChI is InChI=1S/C21H29N3O3/c1-27-14-13-24-12-10-21(24)9-2-11-23(15-21)20(26)17-5-7-18(8-6-17)22-19(25)16-3-4-16/h5-8,16H,2-4,9-15H2,1H3,(H,22,25). The maximum absolute atomic E-state index is 13.0. The van der Waals surface area contributed by atoms with Gasteiger partial charge in [-0.25, -0.2) is 0 Å². The van der Waals surface area contributed by atoms with Crippen molar-refractivity contribution in [2.24, 2.45) is 5.92 Å². The van der Waals surface area contributed by atoms with Crippen molar-refractivity contribution in [2.45, 2.75) is 37.6 Å². The Labute approximate surface area is 160 Å². The second-order valence-electron chi connectivity index (χ2n) is 8.13. The minimum atomic E-state index is 0.0905. The number of methoxy groups -OCH3 is 1. The minimum Gasteiger partial charge on any atom is -0.383 e. The molecule has 1 atom stereocenters. The Bertz CT molecular complexity index is 701. The average Bonchev–Trinajstić information content (AvgIpc) is 3.53. The highest BCUT2D eigenvalue weighted by Crippen LogP contribution is 2.38. The van der Waals surface area contributed by atoms with Gasteiger partial charge in [0.25, 0.3) is 5.91 Å². The molecule has 1 aromatic rings. The number of hydrogen-bond acceptors (Lipinski definition) is 4. The van der Waals surface area contributed by atoms with Crippen LogP contribution in [0.25, 0.3) is 0 Å². The van der Waals surface area contributed by atoms with Gasteiger partial charge in [0.15, 0.2) is 0 Å². The number of nitrogens with one attached hydrogen (secondary N) is 1. The summed E-state index contributed by atoms with van der Waals surface area (Å²) in [6, 6.07) is 7.33. The van der Waals surface area contributed by atoms with Crippen LogP contribution in [0.4, 0.5) is 5.69 Å². The number of nitrogens with zero attached hydrogens (tertiary/aromatic N) is 2. The number of amides is 2. The van der Waals surface area contributed by atoms with Gasteiger partial charge in [0, 0.05) is 56.0 Å². The Kier molecular flexibility index (Phi) is 5.19. The summed E-state index contributed by atoms with van der Waals surface area (Å²) in [5.74, 6) is 0.361. The van der Waals surface area contributed by atoms with Crippen LogP contribution in [0.1, 0.15) is 42.5 Å². The van der Waals surface area contributed by atoms with Crippen LogP contribution < -0.4 is 5.32 Å². The average molecular weight is 371 g/mol. The number of piperidine rings is 1. The van der Waals surface area contributed by atoms with Gasteiger partial charge < -0.3 is 15.0 Å². The topological polar surface area (TPSA) is 61.9 Å². The van der Waals surface area contributed by atoms with E-state index in [4.69, 9.17) is 4.74 Å². The predicted molar refractivity (Wildman–Crippen MR) is 104 cm³/mol. The lowest BCUT2D eigenvalue weighted by Gasteiger charge is -2.57. The highest BCUT2D eigenvalue weighted by molar-refractivity contribution is 5.96. The molecule has 1 aromatic carbocycles. The van der Waals surface area contributed by atoms with E-state index in [1.54, 1.807) is 7.11 Å². The normalized spacial score (nSPS) is 25.3. The maximum atomic E-state index is 13.0. The first-order valence-electron chi connectivity index (χ1n) is 10.1. The lowest BCUT2D eigenvalue weighted by molar-refractivity contribution is -0.117. The van der Waals surface area contributed by atoms with Crippen LogP contribution in [0.2, 0.25) is 0 Å². The lowest BCUT2D eigenvalue weighted by atomic mass is 9.77. The molecule has 3 fully saturated rings. The van der Waals surface area contributed by atoms with E-state index in [1.807, 2.05) is 29.2 Å². The highest BCUT2D eigenvalue weighted by atomic mass is 16.5. The van der Waals surface area contributed by atoms with Gasteiger partial charge in [0.1, 0.15) is 0 Å². The number of rotatable bonds is 6. The first-order chi connectivity index (χ1) is 13.1. The third-order valence-corrected chi connectivity index (χ3v) is 6.27. The molecule has 1 aliphatic carbocycles. The summed E-state index contributed by atoms with van der Waals surface area (Å²) in [6.45, 7) is 4.40. The summed E-state index contributed by atoms with van der Waals surface area (Å²) in [5, 5.41) is 2.92. The van der Waals surface area contributed by atoms with Crippen molar-refractivity contribution in [3.05, 3.63) is 29.8 Å². The van der Waals surface area contributed by atoms with Gasteiger partial charge in [0.2, 0.25) is 5.91 Å². The largest absolute Gasteiger partial charge is 0.383 e. The van der Waals surface area contributed by atoms with Gasteiger partial charge in [-0.2, -0.15) is 0 Å². The fourth-order valence-corrected chi connectivity index (χ4v) is 4.35. The van der Waals surface area contributed by atoms with Gasteiger partial charge in [0.05, 0.1) is 6.61 Å². The zero-order valence-electron chi connectivity index (χ0n) is 16.1. The highest BCUT2D eigenvalue weighted by Gasteiger charge is 2.47. The van der Waals surface area contributed by atoms with E-state index in [2.05, 4.69) is 10.2 Å². The third-order valence-electron chi connectivity index (χ3n) is 6.27. The molecule has 1 spiro atoms. The molecule has 2 amide bonds. The summed E-state index contributed by atoms with van der Waals surface area (Å²) in [4.78, 5) is 29.3. The first kappa shape index (κ1) is 18.4. The van der Waals surface area contributed by atoms with Crippen LogP contribution in [-0.4, -0.2) is 67.0 Å². The molecule has 1 N–H and O–H groups in total. The molecule has 6 nitrogen and oxygen atoms in total. The minimum absolute atomic E-state index is 0.0905. The lowest BCUT2D eigenvalue weighted by Crippen LogP contribution is -2.67. The van der Waals surface area contributed by atoms with Crippen molar-refractivity contribution >= 4 is 17.5 Å². The molecule has 6 heteroatoms. The number of carbonyl (C=O) groups excluding carboxylic acids is 2. The van der Waals surface area contributed by atoms with Crippen LogP contribution >= 0.6 is 0 Å². The molecular weight excluding hydrogens is 342 g/mol. The van der Waals surface area contributed by atoms with E-state index in [9.17, 15) is 9.59 Å². The molecular formula is C21H29N3O3. The van der Waals surface area contributed by atoms with Gasteiger partial charge in [-0.1, -0.05) is 0 Å². The van der Waals surface area contributed by atoms with Crippen molar-refractivity contribution < 1.29 is 14.3 Å². The zero-order chi connectivity index (χ0) is 18.9. The number of anilines is 1. The van der Waals surface area contributed by atoms with Crippen molar-refractivity contribution in [1.82, 2.24) is 9.80 Å². The molecule has 27 heavy (non-hydrogen) atoms. The molecule has 0 bridgehead atoms. The summed E-state index contributed by atoms with van der Waals surface area (Å²) in [5.41, 5.74) is 1.60. The van der Waals surface area contributed by atoms with Crippen LogP contribution in [0.3, 0.4) is 0 Å². The van der Waals surface area contributed by atoms with Gasteiger partial charge >= 0.3 is 0 Å². The van der Waals surface area contributed by atoms with Crippen molar-refractivity contribution in [3.8, 4) is 0 Å². The van der Waals surface area contributed by atoms with E-state index in [0.29, 0.717) is 5.56 Å². The van der Waals surface area contributed by atoms with E-state index < -0.39 is 0 Å². The number of likely N-dealkylation sites (tertiary alicyclic amines) is 2. The Morgan fingerprint density at radius 3 is 2.59 bits per heavy atom. The molecule has 4 rings (SSSR count). The Morgan fingerprint density at radius 2 is 1.96 bits per heavy atom. The number of ether oxygens (including phenoxy) is 1. The quantitative estimate of drug-likeness (QED) is 0.834. The van der Waals surface area contributed by atoms with Crippen molar-refractivity contribution in [1.29, 1.82) is 0 Å². The van der Waals surface area contributed by atoms with Gasteiger partial charge in [-0.05, 0) is 56.4 Å². The molecule has 0 aromatic heterocycles. The zero-order valence-corrected chi connectivity index (χ0v) is 16.1. The Morgan fingerprint density at radius 1 is 1.19 bits per heavy atom. The van der Waals surface area contributed by atoms with Crippen LogP contribution in [0.5, 0.6) is 0 Å². The molecule has 1 unspecified atom stereocenters. The SMILES string of the molecule is COCCN1CCC12CCCN(C(=O)c1ccc(NC(=O)C3CC3)cc1)C2. The third kappa shape index (κ3) is 3.87. The maximum Gasteiger partial charge on any atom is 0.253 e.